The van der Waals surface area contributed by atoms with Crippen molar-refractivity contribution < 1.29 is 4.74 Å². The van der Waals surface area contributed by atoms with Crippen molar-refractivity contribution in [2.24, 2.45) is 5.73 Å². The maximum Gasteiger partial charge on any atom is 0.122 e. The van der Waals surface area contributed by atoms with Crippen molar-refractivity contribution in [2.75, 3.05) is 6.61 Å². The van der Waals surface area contributed by atoms with E-state index < -0.39 is 0 Å². The average molecular weight is 232 g/mol. The van der Waals surface area contributed by atoms with Crippen LogP contribution in [0.3, 0.4) is 0 Å². The summed E-state index contributed by atoms with van der Waals surface area (Å²) < 4.78 is 5.62. The van der Waals surface area contributed by atoms with Gasteiger partial charge < -0.3 is 10.5 Å². The summed E-state index contributed by atoms with van der Waals surface area (Å²) in [6.45, 7) is 6.64. The van der Waals surface area contributed by atoms with Crippen LogP contribution >= 0.6 is 0 Å². The maximum atomic E-state index is 7.31. The van der Waals surface area contributed by atoms with E-state index in [9.17, 15) is 0 Å². The Hall–Kier alpha value is -1.77. The molecular formula is C14H20N2O. The van der Waals surface area contributed by atoms with Crippen molar-refractivity contribution in [2.45, 2.75) is 27.2 Å². The van der Waals surface area contributed by atoms with Crippen molar-refractivity contribution in [1.29, 1.82) is 5.41 Å². The van der Waals surface area contributed by atoms with Crippen LogP contribution in [-0.2, 0) is 0 Å². The summed E-state index contributed by atoms with van der Waals surface area (Å²) in [6.07, 6.45) is 3.24. The zero-order valence-corrected chi connectivity index (χ0v) is 10.7. The van der Waals surface area contributed by atoms with E-state index in [0.29, 0.717) is 6.61 Å². The molecule has 0 radical (unpaired) electrons. The number of rotatable bonds is 4. The molecule has 1 aromatic rings. The van der Waals surface area contributed by atoms with E-state index >= 15 is 0 Å². The second kappa shape index (κ2) is 6.09. The minimum Gasteiger partial charge on any atom is -0.489 e. The number of benzene rings is 1. The number of hydrogen-bond donors (Lipinski definition) is 2. The van der Waals surface area contributed by atoms with Crippen LogP contribution in [0, 0.1) is 12.3 Å². The molecule has 0 saturated heterocycles. The van der Waals surface area contributed by atoms with Gasteiger partial charge in [-0.3, -0.25) is 5.41 Å². The van der Waals surface area contributed by atoms with E-state index in [1.54, 1.807) is 0 Å². The third-order valence-corrected chi connectivity index (χ3v) is 2.39. The number of nitrogens with two attached hydrogens (primary N) is 1. The van der Waals surface area contributed by atoms with Gasteiger partial charge in [0.1, 0.15) is 18.2 Å². The monoisotopic (exact) mass is 232 g/mol. The van der Waals surface area contributed by atoms with Crippen LogP contribution in [0.25, 0.3) is 0 Å². The molecule has 0 spiro atoms. The van der Waals surface area contributed by atoms with Crippen molar-refractivity contribution in [3.8, 4) is 5.75 Å². The molecular weight excluding hydrogens is 212 g/mol. The number of aryl methyl sites for hydroxylation is 1. The number of allylic oxidation sites excluding steroid dienone is 1. The number of hydrogen-bond acceptors (Lipinski definition) is 2. The van der Waals surface area contributed by atoms with E-state index in [0.717, 1.165) is 23.3 Å². The lowest BCUT2D eigenvalue weighted by Gasteiger charge is -2.08. The third-order valence-electron chi connectivity index (χ3n) is 2.39. The Labute approximate surface area is 103 Å². The Morgan fingerprint density at radius 1 is 1.41 bits per heavy atom. The highest BCUT2D eigenvalue weighted by Gasteiger charge is 2.09. The van der Waals surface area contributed by atoms with E-state index in [1.165, 1.54) is 5.57 Å². The molecule has 0 unspecified atom stereocenters. The van der Waals surface area contributed by atoms with Crippen molar-refractivity contribution in [3.63, 3.8) is 0 Å². The molecule has 17 heavy (non-hydrogen) atoms. The Morgan fingerprint density at radius 2 is 2.06 bits per heavy atom. The molecule has 3 N–H and O–H groups in total. The first kappa shape index (κ1) is 13.3. The molecule has 0 amide bonds. The molecule has 1 aromatic carbocycles. The van der Waals surface area contributed by atoms with E-state index in [1.807, 2.05) is 39.0 Å². The number of ether oxygens (including phenoxy) is 1. The van der Waals surface area contributed by atoms with Crippen LogP contribution in [0.5, 0.6) is 5.75 Å². The molecule has 0 atom stereocenters. The highest BCUT2D eigenvalue weighted by atomic mass is 16.5. The van der Waals surface area contributed by atoms with Crippen LogP contribution in [0.15, 0.2) is 29.8 Å². The van der Waals surface area contributed by atoms with E-state index in [-0.39, 0.29) is 5.84 Å². The molecule has 3 heteroatoms. The third kappa shape index (κ3) is 3.94. The van der Waals surface area contributed by atoms with Crippen LogP contribution in [0.2, 0.25) is 0 Å². The summed E-state index contributed by atoms with van der Waals surface area (Å²) in [5.74, 6) is 0.961. The highest BCUT2D eigenvalue weighted by molar-refractivity contribution is 5.95. The number of amidine groups is 1. The van der Waals surface area contributed by atoms with Gasteiger partial charge in [-0.25, -0.2) is 0 Å². The summed E-state index contributed by atoms with van der Waals surface area (Å²) in [6, 6.07) is 5.56. The molecule has 3 nitrogen and oxygen atoms in total. The summed E-state index contributed by atoms with van der Waals surface area (Å²) >= 11 is 0. The molecule has 0 bridgehead atoms. The SMILES string of the molecule is CC.Cc1cc(C(=N)N)ccc1OCC1=CC1. The first-order valence-corrected chi connectivity index (χ1v) is 5.92. The number of nitrogen functional groups attached to an aromatic ring is 1. The van der Waals surface area contributed by atoms with Gasteiger partial charge in [0, 0.05) is 5.56 Å². The predicted octanol–water partition coefficient (Wildman–Crippen LogP) is 3.01. The van der Waals surface area contributed by atoms with Gasteiger partial charge in [0.25, 0.3) is 0 Å². The minimum absolute atomic E-state index is 0.0922. The van der Waals surface area contributed by atoms with Crippen LogP contribution in [-0.4, -0.2) is 12.4 Å². The Morgan fingerprint density at radius 3 is 2.53 bits per heavy atom. The molecule has 0 heterocycles. The first-order valence-electron chi connectivity index (χ1n) is 5.92. The summed E-state index contributed by atoms with van der Waals surface area (Å²) in [5, 5.41) is 7.31. The highest BCUT2D eigenvalue weighted by Crippen LogP contribution is 2.23. The zero-order valence-electron chi connectivity index (χ0n) is 10.7. The lowest BCUT2D eigenvalue weighted by molar-refractivity contribution is 0.353. The van der Waals surface area contributed by atoms with Gasteiger partial charge >= 0.3 is 0 Å². The van der Waals surface area contributed by atoms with E-state index in [4.69, 9.17) is 15.9 Å². The molecule has 0 aliphatic heterocycles. The molecule has 0 fully saturated rings. The molecule has 92 valence electrons. The smallest absolute Gasteiger partial charge is 0.122 e. The van der Waals surface area contributed by atoms with E-state index in [2.05, 4.69) is 6.08 Å². The van der Waals surface area contributed by atoms with Crippen molar-refractivity contribution >= 4 is 5.84 Å². The Bertz CT molecular complexity index is 436. The fraction of sp³-hybridized carbons (Fsp3) is 0.357. The molecule has 1 aliphatic rings. The van der Waals surface area contributed by atoms with Crippen molar-refractivity contribution in [1.82, 2.24) is 0 Å². The topological polar surface area (TPSA) is 59.1 Å². The zero-order chi connectivity index (χ0) is 12.8. The standard InChI is InChI=1S/C12H14N2O.C2H6/c1-8-6-10(12(13)14)4-5-11(8)15-7-9-2-3-9;1-2/h2,4-6H,3,7H2,1H3,(H3,13,14);1-2H3. The van der Waals surface area contributed by atoms with Crippen LogP contribution in [0.1, 0.15) is 31.4 Å². The second-order valence-electron chi connectivity index (χ2n) is 3.75. The van der Waals surface area contributed by atoms with Gasteiger partial charge in [-0.15, -0.1) is 0 Å². The van der Waals surface area contributed by atoms with Crippen LogP contribution in [0.4, 0.5) is 0 Å². The summed E-state index contributed by atoms with van der Waals surface area (Å²) in [5.41, 5.74) is 8.51. The van der Waals surface area contributed by atoms with Crippen molar-refractivity contribution in [3.05, 3.63) is 41.0 Å². The predicted molar refractivity (Wildman–Crippen MR) is 71.7 cm³/mol. The van der Waals surface area contributed by atoms with Gasteiger partial charge in [-0.05, 0) is 42.7 Å². The molecule has 0 saturated carbocycles. The molecule has 1 aliphatic carbocycles. The molecule has 0 aromatic heterocycles. The average Bonchev–Trinajstić information content (AvgIpc) is 3.14. The summed E-state index contributed by atoms with van der Waals surface area (Å²) in [7, 11) is 0. The molecule has 2 rings (SSSR count). The fourth-order valence-corrected chi connectivity index (χ4v) is 1.34. The van der Waals surface area contributed by atoms with Gasteiger partial charge in [-0.2, -0.15) is 0 Å². The lowest BCUT2D eigenvalue weighted by Crippen LogP contribution is -2.11. The Balaban J connectivity index is 0.000000686. The maximum absolute atomic E-state index is 7.31. The van der Waals surface area contributed by atoms with Gasteiger partial charge in [0.15, 0.2) is 0 Å². The van der Waals surface area contributed by atoms with Gasteiger partial charge in [-0.1, -0.05) is 19.9 Å². The Kier molecular flexibility index (Phi) is 4.76. The quantitative estimate of drug-likeness (QED) is 0.476. The van der Waals surface area contributed by atoms with Gasteiger partial charge in [0.05, 0.1) is 0 Å². The fourth-order valence-electron chi connectivity index (χ4n) is 1.34. The summed E-state index contributed by atoms with van der Waals surface area (Å²) in [4.78, 5) is 0. The minimum atomic E-state index is 0.0922. The van der Waals surface area contributed by atoms with Gasteiger partial charge in [0.2, 0.25) is 0 Å². The normalized spacial score (nSPS) is 12.1. The largest absolute Gasteiger partial charge is 0.489 e. The second-order valence-corrected chi connectivity index (χ2v) is 3.75. The van der Waals surface area contributed by atoms with Crippen LogP contribution < -0.4 is 10.5 Å². The lowest BCUT2D eigenvalue weighted by atomic mass is 10.1. The number of nitrogens with one attached hydrogen (secondary N) is 1. The first-order chi connectivity index (χ1) is 8.16.